The molecule has 1 aliphatic heterocycles. The summed E-state index contributed by atoms with van der Waals surface area (Å²) in [5, 5.41) is 4.43. The van der Waals surface area contributed by atoms with Crippen molar-refractivity contribution in [3.05, 3.63) is 24.2 Å². The molecule has 3 heterocycles. The van der Waals surface area contributed by atoms with Crippen LogP contribution in [0, 0.1) is 5.92 Å². The predicted molar refractivity (Wildman–Crippen MR) is 106 cm³/mol. The fourth-order valence-corrected chi connectivity index (χ4v) is 5.26. The van der Waals surface area contributed by atoms with E-state index in [1.165, 1.54) is 29.8 Å². The van der Waals surface area contributed by atoms with Gasteiger partial charge in [-0.3, -0.25) is 4.98 Å². The Hall–Kier alpha value is -1.80. The molecule has 7 nitrogen and oxygen atoms in total. The second-order valence-corrected chi connectivity index (χ2v) is 9.91. The van der Waals surface area contributed by atoms with Gasteiger partial charge in [0.15, 0.2) is 0 Å². The second-order valence-electron chi connectivity index (χ2n) is 7.92. The molecule has 1 aliphatic carbocycles. The maximum absolute atomic E-state index is 11.7. The highest BCUT2D eigenvalue weighted by atomic mass is 32.2. The summed E-state index contributed by atoms with van der Waals surface area (Å²) in [5.41, 5.74) is 2.04. The number of aromatic nitrogens is 3. The third-order valence-electron chi connectivity index (χ3n) is 6.00. The fraction of sp³-hybridized carbons (Fsp3) is 0.632. The van der Waals surface area contributed by atoms with E-state index in [2.05, 4.69) is 22.2 Å². The average molecular weight is 390 g/mol. The maximum Gasteiger partial charge on any atom is 0.223 e. The van der Waals surface area contributed by atoms with Gasteiger partial charge in [-0.25, -0.2) is 22.7 Å². The molecule has 2 aromatic rings. The van der Waals surface area contributed by atoms with Gasteiger partial charge in [-0.15, -0.1) is 0 Å². The van der Waals surface area contributed by atoms with Crippen molar-refractivity contribution in [1.29, 1.82) is 0 Å². The zero-order chi connectivity index (χ0) is 19.0. The van der Waals surface area contributed by atoms with Crippen LogP contribution in [0.15, 0.2) is 18.5 Å². The van der Waals surface area contributed by atoms with Gasteiger partial charge >= 0.3 is 0 Å². The van der Waals surface area contributed by atoms with Crippen molar-refractivity contribution in [2.75, 3.05) is 24.7 Å². The minimum Gasteiger partial charge on any atom is -0.351 e. The molecule has 1 saturated carbocycles. The van der Waals surface area contributed by atoms with Crippen LogP contribution in [-0.4, -0.2) is 53.1 Å². The van der Waals surface area contributed by atoms with Crippen LogP contribution in [0.3, 0.4) is 0 Å². The van der Waals surface area contributed by atoms with E-state index >= 15 is 0 Å². The molecular weight excluding hydrogens is 362 g/mol. The molecule has 0 radical (unpaired) electrons. The topological polar surface area (TPSA) is 88.1 Å². The molecule has 0 aromatic carbocycles. The number of rotatable bonds is 4. The largest absolute Gasteiger partial charge is 0.351 e. The number of nitrogens with zero attached hydrogens (tertiary/aromatic N) is 4. The first-order valence-electron chi connectivity index (χ1n) is 9.75. The van der Waals surface area contributed by atoms with E-state index in [-0.39, 0.29) is 6.04 Å². The van der Waals surface area contributed by atoms with Crippen molar-refractivity contribution in [3.8, 4) is 0 Å². The smallest absolute Gasteiger partial charge is 0.223 e. The van der Waals surface area contributed by atoms with Gasteiger partial charge in [-0.1, -0.05) is 19.8 Å². The van der Waals surface area contributed by atoms with Gasteiger partial charge in [-0.2, -0.15) is 0 Å². The van der Waals surface area contributed by atoms with E-state index < -0.39 is 10.0 Å². The number of fused-ring (bicyclic) bond motifs is 1. The van der Waals surface area contributed by atoms with E-state index in [1.807, 2.05) is 18.5 Å². The lowest BCUT2D eigenvalue weighted by atomic mass is 9.93. The summed E-state index contributed by atoms with van der Waals surface area (Å²) in [4.78, 5) is 13.9. The molecule has 27 heavy (non-hydrogen) atoms. The van der Waals surface area contributed by atoms with Crippen LogP contribution in [-0.2, 0) is 10.0 Å². The zero-order valence-electron chi connectivity index (χ0n) is 15.9. The Morgan fingerprint density at radius 1 is 1.15 bits per heavy atom. The molecule has 1 saturated heterocycles. The first kappa shape index (κ1) is 18.6. The van der Waals surface area contributed by atoms with E-state index in [1.54, 1.807) is 0 Å². The molecule has 0 spiro atoms. The summed E-state index contributed by atoms with van der Waals surface area (Å²) in [6, 6.07) is 2.15. The molecule has 2 aliphatic rings. The van der Waals surface area contributed by atoms with Crippen LogP contribution < -0.4 is 5.32 Å². The van der Waals surface area contributed by atoms with E-state index in [4.69, 9.17) is 4.98 Å². The monoisotopic (exact) mass is 389 g/mol. The normalized spacial score (nSPS) is 25.1. The van der Waals surface area contributed by atoms with Crippen LogP contribution in [0.2, 0.25) is 0 Å². The second kappa shape index (κ2) is 7.31. The zero-order valence-corrected chi connectivity index (χ0v) is 16.7. The highest BCUT2D eigenvalue weighted by Crippen LogP contribution is 2.40. The third-order valence-corrected chi connectivity index (χ3v) is 7.30. The van der Waals surface area contributed by atoms with Crippen LogP contribution >= 0.6 is 0 Å². The number of nitrogens with one attached hydrogen (secondary N) is 1. The van der Waals surface area contributed by atoms with Crippen molar-refractivity contribution >= 4 is 26.9 Å². The summed E-state index contributed by atoms with van der Waals surface area (Å²) < 4.78 is 24.9. The predicted octanol–water partition coefficient (Wildman–Crippen LogP) is 2.76. The SMILES string of the molecule is C[C@@H]1CCC[C@H]1c1nccc2cnc(NC3CCN(S(C)(=O)=O)CC3)nc12. The van der Waals surface area contributed by atoms with Crippen molar-refractivity contribution in [1.82, 2.24) is 19.3 Å². The van der Waals surface area contributed by atoms with Gasteiger partial charge in [0.1, 0.15) is 0 Å². The van der Waals surface area contributed by atoms with Crippen molar-refractivity contribution < 1.29 is 8.42 Å². The molecular formula is C19H27N5O2S. The minimum absolute atomic E-state index is 0.186. The summed E-state index contributed by atoms with van der Waals surface area (Å²) in [5.74, 6) is 1.71. The van der Waals surface area contributed by atoms with Crippen LogP contribution in [0.4, 0.5) is 5.95 Å². The lowest BCUT2D eigenvalue weighted by Gasteiger charge is -2.30. The first-order valence-corrected chi connectivity index (χ1v) is 11.6. The van der Waals surface area contributed by atoms with E-state index in [0.717, 1.165) is 29.4 Å². The Balaban J connectivity index is 1.53. The number of piperidine rings is 1. The van der Waals surface area contributed by atoms with E-state index in [0.29, 0.717) is 30.9 Å². The Morgan fingerprint density at radius 3 is 2.59 bits per heavy atom. The number of pyridine rings is 1. The van der Waals surface area contributed by atoms with Gasteiger partial charge in [-0.05, 0) is 31.2 Å². The third kappa shape index (κ3) is 3.91. The highest BCUT2D eigenvalue weighted by Gasteiger charge is 2.29. The van der Waals surface area contributed by atoms with Gasteiger partial charge in [0, 0.05) is 42.8 Å². The first-order chi connectivity index (χ1) is 12.9. The molecule has 4 rings (SSSR count). The highest BCUT2D eigenvalue weighted by molar-refractivity contribution is 7.88. The fourth-order valence-electron chi connectivity index (χ4n) is 4.38. The molecule has 2 aromatic heterocycles. The molecule has 0 amide bonds. The molecule has 0 bridgehead atoms. The summed E-state index contributed by atoms with van der Waals surface area (Å²) >= 11 is 0. The van der Waals surface area contributed by atoms with Gasteiger partial charge in [0.25, 0.3) is 0 Å². The van der Waals surface area contributed by atoms with Crippen molar-refractivity contribution in [3.63, 3.8) is 0 Å². The van der Waals surface area contributed by atoms with Gasteiger partial charge in [0.05, 0.1) is 17.5 Å². The Bertz CT molecular complexity index is 925. The van der Waals surface area contributed by atoms with Crippen LogP contribution in [0.5, 0.6) is 0 Å². The molecule has 2 fully saturated rings. The maximum atomic E-state index is 11.7. The summed E-state index contributed by atoms with van der Waals surface area (Å²) in [6.07, 6.45) is 10.2. The summed E-state index contributed by atoms with van der Waals surface area (Å²) in [6.45, 7) is 3.38. The number of anilines is 1. The number of hydrogen-bond donors (Lipinski definition) is 1. The van der Waals surface area contributed by atoms with Crippen LogP contribution in [0.25, 0.3) is 10.9 Å². The standard InChI is InChI=1S/C19H27N5O2S/c1-13-4-3-5-16(13)18-17-14(6-9-20-18)12-21-19(23-17)22-15-7-10-24(11-8-15)27(2,25)26/h6,9,12-13,15-16H,3-5,7-8,10-11H2,1-2H3,(H,21,22,23)/t13-,16-/m1/s1. The number of hydrogen-bond acceptors (Lipinski definition) is 6. The Labute approximate surface area is 160 Å². The molecule has 0 unspecified atom stereocenters. The minimum atomic E-state index is -3.11. The van der Waals surface area contributed by atoms with E-state index in [9.17, 15) is 8.42 Å². The average Bonchev–Trinajstić information content (AvgIpc) is 3.07. The molecule has 8 heteroatoms. The molecule has 1 N–H and O–H groups in total. The van der Waals surface area contributed by atoms with Crippen molar-refractivity contribution in [2.45, 2.75) is 51.0 Å². The van der Waals surface area contributed by atoms with Gasteiger partial charge < -0.3 is 5.32 Å². The Morgan fingerprint density at radius 2 is 1.93 bits per heavy atom. The molecule has 2 atom stereocenters. The molecule has 146 valence electrons. The van der Waals surface area contributed by atoms with Gasteiger partial charge in [0.2, 0.25) is 16.0 Å². The number of sulfonamides is 1. The van der Waals surface area contributed by atoms with Crippen LogP contribution in [0.1, 0.15) is 50.6 Å². The Kier molecular flexibility index (Phi) is 5.03. The summed E-state index contributed by atoms with van der Waals surface area (Å²) in [7, 11) is -3.11. The quantitative estimate of drug-likeness (QED) is 0.865. The lowest BCUT2D eigenvalue weighted by Crippen LogP contribution is -2.42. The van der Waals surface area contributed by atoms with Crippen molar-refractivity contribution in [2.24, 2.45) is 5.92 Å². The lowest BCUT2D eigenvalue weighted by molar-refractivity contribution is 0.331.